The van der Waals surface area contributed by atoms with Crippen molar-refractivity contribution in [2.75, 3.05) is 6.54 Å². The fraction of sp³-hybridized carbons (Fsp3) is 0.750. The Hall–Kier alpha value is -1.67. The van der Waals surface area contributed by atoms with E-state index in [2.05, 4.69) is 5.32 Å². The lowest BCUT2D eigenvalue weighted by atomic mass is 10.0. The summed E-state index contributed by atoms with van der Waals surface area (Å²) in [6.07, 6.45) is 0.644. The third kappa shape index (κ3) is 8.44. The van der Waals surface area contributed by atoms with E-state index in [9.17, 15) is 14.4 Å². The second kappa shape index (κ2) is 9.27. The van der Waals surface area contributed by atoms with Gasteiger partial charge in [0.15, 0.2) is 0 Å². The Balaban J connectivity index is 4.04. The van der Waals surface area contributed by atoms with E-state index in [1.165, 1.54) is 0 Å². The van der Waals surface area contributed by atoms with Crippen LogP contribution in [0.25, 0.3) is 0 Å². The molecule has 0 fully saturated rings. The van der Waals surface area contributed by atoms with Gasteiger partial charge in [0, 0.05) is 6.42 Å². The lowest BCUT2D eigenvalue weighted by Gasteiger charge is -2.18. The van der Waals surface area contributed by atoms with Crippen molar-refractivity contribution >= 4 is 17.9 Å². The van der Waals surface area contributed by atoms with Crippen LogP contribution in [0.4, 0.5) is 0 Å². The highest BCUT2D eigenvalue weighted by atomic mass is 16.4. The SMILES string of the molecule is CC(CCC(N)C(=O)O)CNC(CCC(=O)O)C(=O)O. The predicted molar refractivity (Wildman–Crippen MR) is 70.3 cm³/mol. The molecule has 0 rings (SSSR count). The van der Waals surface area contributed by atoms with Crippen molar-refractivity contribution in [1.29, 1.82) is 0 Å². The Morgan fingerprint density at radius 2 is 1.65 bits per heavy atom. The first-order valence-corrected chi connectivity index (χ1v) is 6.40. The number of hydrogen-bond acceptors (Lipinski definition) is 5. The molecule has 0 saturated carbocycles. The van der Waals surface area contributed by atoms with E-state index < -0.39 is 30.0 Å². The van der Waals surface area contributed by atoms with Crippen molar-refractivity contribution in [3.63, 3.8) is 0 Å². The minimum atomic E-state index is -1.10. The highest BCUT2D eigenvalue weighted by Gasteiger charge is 2.19. The van der Waals surface area contributed by atoms with Gasteiger partial charge in [0.1, 0.15) is 12.1 Å². The summed E-state index contributed by atoms with van der Waals surface area (Å²) >= 11 is 0. The molecule has 3 atom stereocenters. The second-order valence-corrected chi connectivity index (χ2v) is 4.86. The Morgan fingerprint density at radius 3 is 2.10 bits per heavy atom. The second-order valence-electron chi connectivity index (χ2n) is 4.86. The molecule has 0 aliphatic carbocycles. The number of nitrogens with one attached hydrogen (secondary N) is 1. The van der Waals surface area contributed by atoms with Crippen LogP contribution < -0.4 is 11.1 Å². The highest BCUT2D eigenvalue weighted by molar-refractivity contribution is 5.75. The average Bonchev–Trinajstić information content (AvgIpc) is 2.34. The van der Waals surface area contributed by atoms with Crippen LogP contribution in [-0.2, 0) is 14.4 Å². The molecule has 0 aromatic rings. The summed E-state index contributed by atoms with van der Waals surface area (Å²) in [5.41, 5.74) is 5.37. The first kappa shape index (κ1) is 18.3. The fourth-order valence-corrected chi connectivity index (χ4v) is 1.61. The first-order chi connectivity index (χ1) is 9.23. The average molecular weight is 290 g/mol. The molecule has 0 spiro atoms. The molecule has 8 nitrogen and oxygen atoms in total. The third-order valence-electron chi connectivity index (χ3n) is 2.95. The molecule has 0 aromatic carbocycles. The summed E-state index contributed by atoms with van der Waals surface area (Å²) in [7, 11) is 0. The minimum Gasteiger partial charge on any atom is -0.481 e. The quantitative estimate of drug-likeness (QED) is 0.348. The number of carbonyl (C=O) groups is 3. The molecule has 0 amide bonds. The molecule has 0 aromatic heterocycles. The lowest BCUT2D eigenvalue weighted by Crippen LogP contribution is -2.39. The van der Waals surface area contributed by atoms with Crippen LogP contribution >= 0.6 is 0 Å². The van der Waals surface area contributed by atoms with E-state index in [4.69, 9.17) is 21.1 Å². The zero-order valence-electron chi connectivity index (χ0n) is 11.4. The van der Waals surface area contributed by atoms with Gasteiger partial charge in [-0.25, -0.2) is 0 Å². The molecule has 0 heterocycles. The van der Waals surface area contributed by atoms with Gasteiger partial charge in [-0.3, -0.25) is 14.4 Å². The van der Waals surface area contributed by atoms with Gasteiger partial charge in [-0.2, -0.15) is 0 Å². The van der Waals surface area contributed by atoms with Crippen LogP contribution in [-0.4, -0.2) is 51.9 Å². The van der Waals surface area contributed by atoms with E-state index >= 15 is 0 Å². The van der Waals surface area contributed by atoms with E-state index in [1.54, 1.807) is 0 Å². The highest BCUT2D eigenvalue weighted by Crippen LogP contribution is 2.08. The molecule has 3 unspecified atom stereocenters. The molecule has 116 valence electrons. The number of rotatable bonds is 11. The van der Waals surface area contributed by atoms with Crippen LogP contribution in [0, 0.1) is 5.92 Å². The Labute approximate surface area is 117 Å². The summed E-state index contributed by atoms with van der Waals surface area (Å²) in [4.78, 5) is 31.9. The maximum Gasteiger partial charge on any atom is 0.320 e. The standard InChI is InChI=1S/C12H22N2O6/c1-7(2-3-8(13)11(17)18)6-14-9(12(19)20)4-5-10(15)16/h7-9,14H,2-6,13H2,1H3,(H,15,16)(H,17,18)(H,19,20). The van der Waals surface area contributed by atoms with Crippen molar-refractivity contribution in [1.82, 2.24) is 5.32 Å². The fourth-order valence-electron chi connectivity index (χ4n) is 1.61. The zero-order chi connectivity index (χ0) is 15.7. The van der Waals surface area contributed by atoms with Gasteiger partial charge in [0.05, 0.1) is 0 Å². The van der Waals surface area contributed by atoms with Gasteiger partial charge in [-0.1, -0.05) is 6.92 Å². The number of carboxylic acid groups (broad SMARTS) is 3. The smallest absolute Gasteiger partial charge is 0.320 e. The van der Waals surface area contributed by atoms with Crippen molar-refractivity contribution in [2.45, 2.75) is 44.7 Å². The first-order valence-electron chi connectivity index (χ1n) is 6.40. The van der Waals surface area contributed by atoms with Crippen LogP contribution in [0.5, 0.6) is 0 Å². The summed E-state index contributed by atoms with van der Waals surface area (Å²) < 4.78 is 0. The Morgan fingerprint density at radius 1 is 1.05 bits per heavy atom. The summed E-state index contributed by atoms with van der Waals surface area (Å²) in [5.74, 6) is -3.15. The van der Waals surface area contributed by atoms with Crippen molar-refractivity contribution in [2.24, 2.45) is 11.7 Å². The van der Waals surface area contributed by atoms with Crippen LogP contribution in [0.3, 0.4) is 0 Å². The number of nitrogens with two attached hydrogens (primary N) is 1. The molecular weight excluding hydrogens is 268 g/mol. The zero-order valence-corrected chi connectivity index (χ0v) is 11.4. The molecule has 8 heteroatoms. The van der Waals surface area contributed by atoms with E-state index in [0.717, 1.165) is 0 Å². The Bertz CT molecular complexity index is 347. The monoisotopic (exact) mass is 290 g/mol. The lowest BCUT2D eigenvalue weighted by molar-refractivity contribution is -0.141. The van der Waals surface area contributed by atoms with Crippen molar-refractivity contribution < 1.29 is 29.7 Å². The molecular formula is C12H22N2O6. The molecule has 6 N–H and O–H groups in total. The predicted octanol–water partition coefficient (Wildman–Crippen LogP) is -0.278. The van der Waals surface area contributed by atoms with Gasteiger partial charge in [-0.05, 0) is 31.7 Å². The molecule has 0 saturated heterocycles. The minimum absolute atomic E-state index is 0.00598. The molecule has 0 aliphatic rings. The number of carboxylic acids is 3. The molecule has 0 bridgehead atoms. The van der Waals surface area contributed by atoms with E-state index in [0.29, 0.717) is 19.4 Å². The van der Waals surface area contributed by atoms with Crippen molar-refractivity contribution in [3.8, 4) is 0 Å². The Kier molecular flexibility index (Phi) is 8.49. The largest absolute Gasteiger partial charge is 0.481 e. The molecule has 0 radical (unpaired) electrons. The molecule has 0 aliphatic heterocycles. The summed E-state index contributed by atoms with van der Waals surface area (Å²) in [5, 5.41) is 28.9. The molecule has 20 heavy (non-hydrogen) atoms. The third-order valence-corrected chi connectivity index (χ3v) is 2.95. The van der Waals surface area contributed by atoms with E-state index in [1.807, 2.05) is 6.92 Å². The van der Waals surface area contributed by atoms with Gasteiger partial charge >= 0.3 is 17.9 Å². The van der Waals surface area contributed by atoms with Gasteiger partial charge in [-0.15, -0.1) is 0 Å². The number of hydrogen-bond donors (Lipinski definition) is 5. The topological polar surface area (TPSA) is 150 Å². The normalized spacial score (nSPS) is 15.3. The number of aliphatic carboxylic acids is 3. The maximum absolute atomic E-state index is 10.9. The summed E-state index contributed by atoms with van der Waals surface area (Å²) in [6.45, 7) is 2.21. The maximum atomic E-state index is 10.9. The van der Waals surface area contributed by atoms with Crippen LogP contribution in [0.15, 0.2) is 0 Å². The van der Waals surface area contributed by atoms with Gasteiger partial charge < -0.3 is 26.4 Å². The van der Waals surface area contributed by atoms with E-state index in [-0.39, 0.29) is 18.8 Å². The van der Waals surface area contributed by atoms with Gasteiger partial charge in [0.25, 0.3) is 0 Å². The van der Waals surface area contributed by atoms with Crippen LogP contribution in [0.2, 0.25) is 0 Å². The van der Waals surface area contributed by atoms with Crippen molar-refractivity contribution in [3.05, 3.63) is 0 Å². The van der Waals surface area contributed by atoms with Gasteiger partial charge in [0.2, 0.25) is 0 Å². The van der Waals surface area contributed by atoms with Crippen LogP contribution in [0.1, 0.15) is 32.6 Å². The summed E-state index contributed by atoms with van der Waals surface area (Å²) in [6, 6.07) is -1.83.